The third-order valence-electron chi connectivity index (χ3n) is 2.55. The fourth-order valence-corrected chi connectivity index (χ4v) is 1.67. The van der Waals surface area contributed by atoms with Gasteiger partial charge in [0.05, 0.1) is 13.7 Å². The van der Waals surface area contributed by atoms with Gasteiger partial charge in [0.2, 0.25) is 6.23 Å². The topological polar surface area (TPSA) is 78.9 Å². The first-order valence-electron chi connectivity index (χ1n) is 5.05. The Kier molecular flexibility index (Phi) is 2.97. The van der Waals surface area contributed by atoms with E-state index in [2.05, 4.69) is 0 Å². The average Bonchev–Trinajstić information content (AvgIpc) is 2.57. The minimum absolute atomic E-state index is 0.114. The van der Waals surface area contributed by atoms with Crippen LogP contribution in [0.2, 0.25) is 0 Å². The van der Waals surface area contributed by atoms with E-state index in [1.165, 1.54) is 7.11 Å². The molecule has 1 aliphatic rings. The van der Waals surface area contributed by atoms with Gasteiger partial charge in [0.1, 0.15) is 5.75 Å². The lowest BCUT2D eigenvalue weighted by Gasteiger charge is -2.18. The maximum atomic E-state index is 11.4. The molecule has 1 heterocycles. The second-order valence-corrected chi connectivity index (χ2v) is 3.61. The van der Waals surface area contributed by atoms with Gasteiger partial charge in [0.25, 0.3) is 5.91 Å². The van der Waals surface area contributed by atoms with Crippen LogP contribution in [0.1, 0.15) is 5.56 Å². The SMILES string of the molecule is COc1ccccc1CN1C(=O)NC(=O)C1O. The fraction of sp³-hybridized carbons (Fsp3) is 0.273. The Morgan fingerprint density at radius 2 is 2.12 bits per heavy atom. The van der Waals surface area contributed by atoms with Crippen molar-refractivity contribution in [2.24, 2.45) is 0 Å². The van der Waals surface area contributed by atoms with E-state index in [1.807, 2.05) is 5.32 Å². The Balaban J connectivity index is 2.21. The number of para-hydroxylation sites is 1. The summed E-state index contributed by atoms with van der Waals surface area (Å²) in [6, 6.07) is 6.50. The van der Waals surface area contributed by atoms with Crippen LogP contribution in [0.5, 0.6) is 5.75 Å². The molecule has 6 nitrogen and oxygen atoms in total. The van der Waals surface area contributed by atoms with Crippen molar-refractivity contribution in [2.75, 3.05) is 7.11 Å². The maximum absolute atomic E-state index is 11.4. The second kappa shape index (κ2) is 4.42. The molecule has 0 aliphatic carbocycles. The fourth-order valence-electron chi connectivity index (χ4n) is 1.67. The number of carbonyl (C=O) groups is 2. The number of rotatable bonds is 3. The molecule has 6 heteroatoms. The van der Waals surface area contributed by atoms with Crippen LogP contribution in [0.15, 0.2) is 24.3 Å². The molecule has 1 saturated heterocycles. The normalized spacial score (nSPS) is 19.4. The number of imide groups is 1. The summed E-state index contributed by atoms with van der Waals surface area (Å²) in [6.07, 6.45) is -1.44. The number of carbonyl (C=O) groups excluding carboxylic acids is 2. The van der Waals surface area contributed by atoms with E-state index < -0.39 is 18.2 Å². The molecule has 1 fully saturated rings. The van der Waals surface area contributed by atoms with Gasteiger partial charge in [-0.15, -0.1) is 0 Å². The quantitative estimate of drug-likeness (QED) is 0.728. The van der Waals surface area contributed by atoms with Crippen molar-refractivity contribution in [3.8, 4) is 5.75 Å². The molecule has 0 aromatic heterocycles. The molecule has 1 aliphatic heterocycles. The minimum atomic E-state index is -1.44. The molecular weight excluding hydrogens is 224 g/mol. The van der Waals surface area contributed by atoms with E-state index in [4.69, 9.17) is 4.74 Å². The summed E-state index contributed by atoms with van der Waals surface area (Å²) in [5.74, 6) is -0.100. The Bertz CT molecular complexity index is 461. The zero-order valence-electron chi connectivity index (χ0n) is 9.21. The molecule has 90 valence electrons. The van der Waals surface area contributed by atoms with E-state index in [9.17, 15) is 14.7 Å². The van der Waals surface area contributed by atoms with Gasteiger partial charge in [-0.1, -0.05) is 18.2 Å². The Labute approximate surface area is 97.8 Å². The number of methoxy groups -OCH3 is 1. The third-order valence-corrected chi connectivity index (χ3v) is 2.55. The molecule has 1 unspecified atom stereocenters. The van der Waals surface area contributed by atoms with E-state index in [0.29, 0.717) is 5.75 Å². The van der Waals surface area contributed by atoms with E-state index in [0.717, 1.165) is 10.5 Å². The van der Waals surface area contributed by atoms with Crippen molar-refractivity contribution in [3.63, 3.8) is 0 Å². The summed E-state index contributed by atoms with van der Waals surface area (Å²) >= 11 is 0. The van der Waals surface area contributed by atoms with Crippen molar-refractivity contribution in [1.82, 2.24) is 10.2 Å². The predicted octanol–water partition coefficient (Wildman–Crippen LogP) is 0.0654. The summed E-state index contributed by atoms with van der Waals surface area (Å²) in [6.45, 7) is 0.114. The van der Waals surface area contributed by atoms with Crippen molar-refractivity contribution in [2.45, 2.75) is 12.8 Å². The first kappa shape index (κ1) is 11.4. The lowest BCUT2D eigenvalue weighted by Crippen LogP contribution is -2.34. The van der Waals surface area contributed by atoms with Gasteiger partial charge in [-0.3, -0.25) is 15.0 Å². The molecule has 1 aromatic rings. The summed E-state index contributed by atoms with van der Waals surface area (Å²) in [5.41, 5.74) is 0.721. The highest BCUT2D eigenvalue weighted by atomic mass is 16.5. The van der Waals surface area contributed by atoms with Crippen LogP contribution in [-0.2, 0) is 11.3 Å². The van der Waals surface area contributed by atoms with E-state index in [1.54, 1.807) is 24.3 Å². The number of aliphatic hydroxyl groups excluding tert-OH is 1. The number of ether oxygens (including phenoxy) is 1. The van der Waals surface area contributed by atoms with Gasteiger partial charge in [0, 0.05) is 5.56 Å². The minimum Gasteiger partial charge on any atom is -0.496 e. The van der Waals surface area contributed by atoms with Crippen LogP contribution in [0.3, 0.4) is 0 Å². The number of hydrogen-bond donors (Lipinski definition) is 2. The molecule has 0 spiro atoms. The molecule has 1 aromatic carbocycles. The molecule has 1 atom stereocenters. The van der Waals surface area contributed by atoms with Crippen LogP contribution >= 0.6 is 0 Å². The smallest absolute Gasteiger partial charge is 0.326 e. The standard InChI is InChI=1S/C11H12N2O4/c1-17-8-5-3-2-4-7(8)6-13-10(15)9(14)12-11(13)16/h2-5,10,15H,6H2,1H3,(H,12,14,16). The molecule has 17 heavy (non-hydrogen) atoms. The van der Waals surface area contributed by atoms with Crippen LogP contribution in [0.4, 0.5) is 4.79 Å². The molecule has 0 bridgehead atoms. The van der Waals surface area contributed by atoms with Gasteiger partial charge in [-0.2, -0.15) is 0 Å². The number of amides is 3. The van der Waals surface area contributed by atoms with E-state index >= 15 is 0 Å². The lowest BCUT2D eigenvalue weighted by molar-refractivity contribution is -0.130. The number of aliphatic hydroxyl groups is 1. The molecule has 0 radical (unpaired) electrons. The second-order valence-electron chi connectivity index (χ2n) is 3.61. The van der Waals surface area contributed by atoms with E-state index in [-0.39, 0.29) is 6.54 Å². The maximum Gasteiger partial charge on any atom is 0.326 e. The van der Waals surface area contributed by atoms with Crippen LogP contribution in [-0.4, -0.2) is 35.3 Å². The number of urea groups is 1. The Morgan fingerprint density at radius 1 is 1.41 bits per heavy atom. The molecule has 2 N–H and O–H groups in total. The van der Waals surface area contributed by atoms with Crippen molar-refractivity contribution < 1.29 is 19.4 Å². The van der Waals surface area contributed by atoms with Gasteiger partial charge in [-0.05, 0) is 6.07 Å². The molecule has 2 rings (SSSR count). The highest BCUT2D eigenvalue weighted by Crippen LogP contribution is 2.21. The monoisotopic (exact) mass is 236 g/mol. The summed E-state index contributed by atoms with van der Waals surface area (Å²) in [7, 11) is 1.52. The zero-order valence-corrected chi connectivity index (χ0v) is 9.21. The summed E-state index contributed by atoms with van der Waals surface area (Å²) < 4.78 is 5.13. The molecule has 3 amide bonds. The Hall–Kier alpha value is -2.08. The number of nitrogens with zero attached hydrogens (tertiary/aromatic N) is 1. The highest BCUT2D eigenvalue weighted by molar-refractivity contribution is 6.03. The van der Waals surface area contributed by atoms with Crippen LogP contribution < -0.4 is 10.1 Å². The number of hydrogen-bond acceptors (Lipinski definition) is 4. The number of nitrogens with one attached hydrogen (secondary N) is 1. The summed E-state index contributed by atoms with van der Waals surface area (Å²) in [5, 5.41) is 11.5. The Morgan fingerprint density at radius 3 is 2.71 bits per heavy atom. The lowest BCUT2D eigenvalue weighted by atomic mass is 10.2. The molecular formula is C11H12N2O4. The largest absolute Gasteiger partial charge is 0.496 e. The highest BCUT2D eigenvalue weighted by Gasteiger charge is 2.36. The van der Waals surface area contributed by atoms with Crippen molar-refractivity contribution in [3.05, 3.63) is 29.8 Å². The van der Waals surface area contributed by atoms with Gasteiger partial charge in [0.15, 0.2) is 0 Å². The third kappa shape index (κ3) is 2.07. The average molecular weight is 236 g/mol. The first-order valence-corrected chi connectivity index (χ1v) is 5.05. The van der Waals surface area contributed by atoms with Gasteiger partial charge >= 0.3 is 6.03 Å². The van der Waals surface area contributed by atoms with Crippen LogP contribution in [0, 0.1) is 0 Å². The van der Waals surface area contributed by atoms with Crippen molar-refractivity contribution in [1.29, 1.82) is 0 Å². The molecule has 0 saturated carbocycles. The predicted molar refractivity (Wildman–Crippen MR) is 58.1 cm³/mol. The van der Waals surface area contributed by atoms with Gasteiger partial charge < -0.3 is 9.84 Å². The van der Waals surface area contributed by atoms with Crippen molar-refractivity contribution >= 4 is 11.9 Å². The first-order chi connectivity index (χ1) is 8.13. The number of benzene rings is 1. The van der Waals surface area contributed by atoms with Gasteiger partial charge in [-0.25, -0.2) is 4.79 Å². The summed E-state index contributed by atoms with van der Waals surface area (Å²) in [4.78, 5) is 23.5. The zero-order chi connectivity index (χ0) is 12.4. The van der Waals surface area contributed by atoms with Crippen LogP contribution in [0.25, 0.3) is 0 Å².